The summed E-state index contributed by atoms with van der Waals surface area (Å²) in [5.41, 5.74) is 7.88. The first kappa shape index (κ1) is 8.20. The molecule has 0 aromatic carbocycles. The number of rotatable bonds is 3. The van der Waals surface area contributed by atoms with Crippen molar-refractivity contribution in [3.8, 4) is 0 Å². The van der Waals surface area contributed by atoms with Gasteiger partial charge >= 0.3 is 0 Å². The van der Waals surface area contributed by atoms with Crippen LogP contribution in [-0.4, -0.2) is 4.98 Å². The van der Waals surface area contributed by atoms with Gasteiger partial charge in [-0.2, -0.15) is 0 Å². The van der Waals surface area contributed by atoms with Gasteiger partial charge in [0.1, 0.15) is 0 Å². The van der Waals surface area contributed by atoms with Gasteiger partial charge in [-0.25, -0.2) is 0 Å². The zero-order valence-corrected chi connectivity index (χ0v) is 7.89. The molecule has 0 radical (unpaired) electrons. The molecular formula is C9H14N2S. The highest BCUT2D eigenvalue weighted by atomic mass is 32.1. The van der Waals surface area contributed by atoms with Gasteiger partial charge in [0.05, 0.1) is 5.51 Å². The molecule has 12 heavy (non-hydrogen) atoms. The van der Waals surface area contributed by atoms with Crippen molar-refractivity contribution < 1.29 is 0 Å². The van der Waals surface area contributed by atoms with Gasteiger partial charge in [0.2, 0.25) is 0 Å². The zero-order valence-electron chi connectivity index (χ0n) is 7.07. The van der Waals surface area contributed by atoms with Crippen LogP contribution < -0.4 is 5.73 Å². The molecule has 0 saturated heterocycles. The van der Waals surface area contributed by atoms with Crippen LogP contribution in [0.15, 0.2) is 11.7 Å². The van der Waals surface area contributed by atoms with Gasteiger partial charge in [0.25, 0.3) is 0 Å². The van der Waals surface area contributed by atoms with E-state index in [1.165, 1.54) is 24.1 Å². The summed E-state index contributed by atoms with van der Waals surface area (Å²) in [6.45, 7) is 0. The van der Waals surface area contributed by atoms with E-state index in [9.17, 15) is 0 Å². The number of aromatic nitrogens is 1. The third-order valence-corrected chi connectivity index (χ3v) is 3.54. The SMILES string of the molecule is NC(CC1CCC1)c1cncs1. The zero-order chi connectivity index (χ0) is 8.39. The number of nitrogens with zero attached hydrogens (tertiary/aromatic N) is 1. The first-order chi connectivity index (χ1) is 5.86. The largest absolute Gasteiger partial charge is 0.323 e. The van der Waals surface area contributed by atoms with Crippen LogP contribution in [0.4, 0.5) is 0 Å². The molecule has 66 valence electrons. The number of hydrogen-bond donors (Lipinski definition) is 1. The van der Waals surface area contributed by atoms with Crippen molar-refractivity contribution in [3.63, 3.8) is 0 Å². The summed E-state index contributed by atoms with van der Waals surface area (Å²) in [4.78, 5) is 5.27. The quantitative estimate of drug-likeness (QED) is 0.779. The molecule has 1 heterocycles. The highest BCUT2D eigenvalue weighted by Crippen LogP contribution is 2.34. The lowest BCUT2D eigenvalue weighted by Crippen LogP contribution is -2.19. The average Bonchev–Trinajstić information content (AvgIpc) is 2.47. The Morgan fingerprint density at radius 3 is 3.00 bits per heavy atom. The topological polar surface area (TPSA) is 38.9 Å². The minimum Gasteiger partial charge on any atom is -0.323 e. The second kappa shape index (κ2) is 3.54. The molecule has 0 aliphatic heterocycles. The fraction of sp³-hybridized carbons (Fsp3) is 0.667. The van der Waals surface area contributed by atoms with Crippen LogP contribution >= 0.6 is 11.3 Å². The van der Waals surface area contributed by atoms with Crippen LogP contribution in [0.2, 0.25) is 0 Å². The van der Waals surface area contributed by atoms with Crippen LogP contribution in [0.3, 0.4) is 0 Å². The Balaban J connectivity index is 1.87. The second-order valence-electron chi connectivity index (χ2n) is 3.54. The maximum Gasteiger partial charge on any atom is 0.0794 e. The molecule has 2 nitrogen and oxygen atoms in total. The maximum atomic E-state index is 6.02. The molecular weight excluding hydrogens is 168 g/mol. The third kappa shape index (κ3) is 1.67. The predicted molar refractivity (Wildman–Crippen MR) is 51.0 cm³/mol. The van der Waals surface area contributed by atoms with Gasteiger partial charge in [0.15, 0.2) is 0 Å². The van der Waals surface area contributed by atoms with E-state index in [4.69, 9.17) is 5.73 Å². The van der Waals surface area contributed by atoms with E-state index in [0.29, 0.717) is 0 Å². The molecule has 1 aromatic heterocycles. The van der Waals surface area contributed by atoms with E-state index in [-0.39, 0.29) is 6.04 Å². The molecule has 0 amide bonds. The Morgan fingerprint density at radius 1 is 1.67 bits per heavy atom. The fourth-order valence-corrected chi connectivity index (χ4v) is 2.25. The lowest BCUT2D eigenvalue weighted by Gasteiger charge is -2.27. The van der Waals surface area contributed by atoms with Gasteiger partial charge in [-0.3, -0.25) is 4.98 Å². The molecule has 1 saturated carbocycles. The maximum absolute atomic E-state index is 6.02. The van der Waals surface area contributed by atoms with Gasteiger partial charge in [0, 0.05) is 17.1 Å². The van der Waals surface area contributed by atoms with Crippen molar-refractivity contribution >= 4 is 11.3 Å². The molecule has 1 unspecified atom stereocenters. The standard InChI is InChI=1S/C9H14N2S/c10-8(4-7-2-1-3-7)9-5-11-6-12-9/h5-8H,1-4,10H2. The van der Waals surface area contributed by atoms with E-state index in [1.807, 2.05) is 11.7 Å². The smallest absolute Gasteiger partial charge is 0.0794 e. The minimum atomic E-state index is 0.239. The van der Waals surface area contributed by atoms with Crippen molar-refractivity contribution in [3.05, 3.63) is 16.6 Å². The lowest BCUT2D eigenvalue weighted by molar-refractivity contribution is 0.278. The molecule has 1 aliphatic carbocycles. The van der Waals surface area contributed by atoms with Crippen LogP contribution in [0.1, 0.15) is 36.6 Å². The first-order valence-electron chi connectivity index (χ1n) is 4.50. The summed E-state index contributed by atoms with van der Waals surface area (Å²) in [6, 6.07) is 0.239. The van der Waals surface area contributed by atoms with E-state index in [1.54, 1.807) is 11.3 Å². The molecule has 1 aliphatic rings. The summed E-state index contributed by atoms with van der Waals surface area (Å²) in [6.07, 6.45) is 7.22. The summed E-state index contributed by atoms with van der Waals surface area (Å²) >= 11 is 1.67. The van der Waals surface area contributed by atoms with Crippen LogP contribution in [0.25, 0.3) is 0 Å². The molecule has 1 atom stereocenters. The van der Waals surface area contributed by atoms with Crippen molar-refractivity contribution in [2.24, 2.45) is 11.7 Å². The van der Waals surface area contributed by atoms with Gasteiger partial charge in [-0.05, 0) is 12.3 Å². The van der Waals surface area contributed by atoms with Crippen molar-refractivity contribution in [1.29, 1.82) is 0 Å². The highest BCUT2D eigenvalue weighted by Gasteiger charge is 2.21. The lowest BCUT2D eigenvalue weighted by atomic mass is 9.81. The summed E-state index contributed by atoms with van der Waals surface area (Å²) in [5, 5.41) is 0. The van der Waals surface area contributed by atoms with E-state index >= 15 is 0 Å². The van der Waals surface area contributed by atoms with Crippen LogP contribution in [-0.2, 0) is 0 Å². The Kier molecular flexibility index (Phi) is 2.42. The third-order valence-electron chi connectivity index (χ3n) is 2.63. The summed E-state index contributed by atoms with van der Waals surface area (Å²) < 4.78 is 0. The molecule has 0 bridgehead atoms. The molecule has 1 aromatic rings. The Morgan fingerprint density at radius 2 is 2.50 bits per heavy atom. The monoisotopic (exact) mass is 182 g/mol. The predicted octanol–water partition coefficient (Wildman–Crippen LogP) is 2.33. The molecule has 3 heteroatoms. The number of nitrogens with two attached hydrogens (primary N) is 1. The molecule has 0 spiro atoms. The van der Waals surface area contributed by atoms with E-state index < -0.39 is 0 Å². The van der Waals surface area contributed by atoms with Crippen molar-refractivity contribution in [1.82, 2.24) is 4.98 Å². The number of thiazole rings is 1. The molecule has 1 fully saturated rings. The highest BCUT2D eigenvalue weighted by molar-refractivity contribution is 7.09. The van der Waals surface area contributed by atoms with Gasteiger partial charge in [-0.1, -0.05) is 19.3 Å². The Hall–Kier alpha value is -0.410. The minimum absolute atomic E-state index is 0.239. The second-order valence-corrected chi connectivity index (χ2v) is 4.46. The Labute approximate surface area is 76.8 Å². The fourth-order valence-electron chi connectivity index (χ4n) is 1.61. The van der Waals surface area contributed by atoms with E-state index in [2.05, 4.69) is 4.98 Å². The normalized spacial score (nSPS) is 20.4. The van der Waals surface area contributed by atoms with Gasteiger partial charge < -0.3 is 5.73 Å². The van der Waals surface area contributed by atoms with Crippen molar-refractivity contribution in [2.45, 2.75) is 31.7 Å². The average molecular weight is 182 g/mol. The number of hydrogen-bond acceptors (Lipinski definition) is 3. The summed E-state index contributed by atoms with van der Waals surface area (Å²) in [7, 11) is 0. The molecule has 2 N–H and O–H groups in total. The van der Waals surface area contributed by atoms with Gasteiger partial charge in [-0.15, -0.1) is 11.3 Å². The summed E-state index contributed by atoms with van der Waals surface area (Å²) in [5.74, 6) is 0.891. The van der Waals surface area contributed by atoms with Crippen LogP contribution in [0.5, 0.6) is 0 Å². The van der Waals surface area contributed by atoms with Crippen molar-refractivity contribution in [2.75, 3.05) is 0 Å². The Bertz CT molecular complexity index is 229. The van der Waals surface area contributed by atoms with E-state index in [0.717, 1.165) is 12.3 Å². The molecule has 2 rings (SSSR count). The van der Waals surface area contributed by atoms with Crippen LogP contribution in [0, 0.1) is 5.92 Å². The first-order valence-corrected chi connectivity index (χ1v) is 5.38.